The summed E-state index contributed by atoms with van der Waals surface area (Å²) >= 11 is 0. The maximum atomic E-state index is 9.89. The molecule has 0 radical (unpaired) electrons. The Labute approximate surface area is 106 Å². The molecule has 2 fully saturated rings. The average Bonchev–Trinajstić information content (AvgIpc) is 2.33. The number of hydrogen-bond acceptors (Lipinski definition) is 5. The maximum Gasteiger partial charge on any atom is 0.213 e. The molecular weight excluding hydrogens is 232 g/mol. The lowest BCUT2D eigenvalue weighted by molar-refractivity contribution is -0.242. The highest BCUT2D eigenvalue weighted by Crippen LogP contribution is 2.28. The summed E-state index contributed by atoms with van der Waals surface area (Å²) in [7, 11) is 0. The number of pyridine rings is 1. The molecule has 1 aromatic heterocycles. The summed E-state index contributed by atoms with van der Waals surface area (Å²) in [6.07, 6.45) is 3.48. The van der Waals surface area contributed by atoms with Gasteiger partial charge in [0.05, 0.1) is 25.3 Å². The second kappa shape index (κ2) is 4.84. The molecule has 0 spiro atoms. The predicted octanol–water partition coefficient (Wildman–Crippen LogP) is 1.39. The van der Waals surface area contributed by atoms with Gasteiger partial charge in [-0.25, -0.2) is 4.98 Å². The van der Waals surface area contributed by atoms with Gasteiger partial charge in [-0.2, -0.15) is 5.06 Å². The Hall–Kier alpha value is -1.17. The summed E-state index contributed by atoms with van der Waals surface area (Å²) < 4.78 is 11.3. The first-order valence-corrected chi connectivity index (χ1v) is 6.36. The van der Waals surface area contributed by atoms with Gasteiger partial charge in [-0.1, -0.05) is 6.07 Å². The number of rotatable bonds is 2. The molecule has 3 heterocycles. The Morgan fingerprint density at radius 3 is 2.67 bits per heavy atom. The summed E-state index contributed by atoms with van der Waals surface area (Å²) in [6.45, 7) is 3.16. The molecule has 2 aliphatic heterocycles. The number of hydroxylamine groups is 2. The molecular formula is C13H18N2O3. The third-order valence-corrected chi connectivity index (χ3v) is 3.61. The van der Waals surface area contributed by atoms with Crippen molar-refractivity contribution in [3.8, 4) is 5.88 Å². The lowest BCUT2D eigenvalue weighted by Gasteiger charge is -2.44. The highest BCUT2D eigenvalue weighted by molar-refractivity contribution is 5.16. The van der Waals surface area contributed by atoms with E-state index in [1.807, 2.05) is 19.1 Å². The standard InChI is InChI=1S/C13H18N2O3/c1-9-2-3-13(14-6-9)18-12-4-10-7-17-8-11(5-12)15(10)16/h2-3,6,10-12,16H,4-5,7-8H2,1H3/t10-,11+,12-. The first-order valence-electron chi connectivity index (χ1n) is 6.36. The highest BCUT2D eigenvalue weighted by atomic mass is 16.5. The fourth-order valence-electron chi connectivity index (χ4n) is 2.64. The predicted molar refractivity (Wildman–Crippen MR) is 64.6 cm³/mol. The summed E-state index contributed by atoms with van der Waals surface area (Å²) in [5.41, 5.74) is 1.12. The van der Waals surface area contributed by atoms with E-state index in [1.54, 1.807) is 6.20 Å². The molecule has 0 aliphatic carbocycles. The molecule has 5 nitrogen and oxygen atoms in total. The number of morpholine rings is 1. The minimum atomic E-state index is 0.0490. The van der Waals surface area contributed by atoms with Gasteiger partial charge in [0.25, 0.3) is 0 Å². The van der Waals surface area contributed by atoms with E-state index in [1.165, 1.54) is 5.06 Å². The quantitative estimate of drug-likeness (QED) is 0.859. The van der Waals surface area contributed by atoms with Crippen LogP contribution in [0.5, 0.6) is 5.88 Å². The summed E-state index contributed by atoms with van der Waals surface area (Å²) in [5.74, 6) is 0.663. The molecule has 1 aromatic rings. The molecule has 0 aromatic carbocycles. The van der Waals surface area contributed by atoms with Gasteiger partial charge in [0.1, 0.15) is 6.10 Å². The molecule has 2 aliphatic rings. The SMILES string of the molecule is Cc1ccc(O[C@H]2C[C@H]3COC[C@@H](C2)N3O)nc1. The molecule has 0 amide bonds. The van der Waals surface area contributed by atoms with Crippen LogP contribution in [0.2, 0.25) is 0 Å². The van der Waals surface area contributed by atoms with E-state index in [0.717, 1.165) is 18.4 Å². The van der Waals surface area contributed by atoms with Crippen molar-refractivity contribution in [1.29, 1.82) is 0 Å². The lowest BCUT2D eigenvalue weighted by Crippen LogP contribution is -2.57. The molecule has 3 rings (SSSR count). The van der Waals surface area contributed by atoms with Crippen LogP contribution >= 0.6 is 0 Å². The molecule has 1 N–H and O–H groups in total. The van der Waals surface area contributed by atoms with Gasteiger partial charge in [-0.05, 0) is 12.5 Å². The van der Waals surface area contributed by atoms with Crippen LogP contribution in [0.4, 0.5) is 0 Å². The van der Waals surface area contributed by atoms with Crippen LogP contribution in [0.25, 0.3) is 0 Å². The number of aryl methyl sites for hydroxylation is 1. The minimum absolute atomic E-state index is 0.0490. The Morgan fingerprint density at radius 1 is 1.33 bits per heavy atom. The first-order chi connectivity index (χ1) is 8.72. The number of ether oxygens (including phenoxy) is 2. The lowest BCUT2D eigenvalue weighted by atomic mass is 9.94. The third-order valence-electron chi connectivity index (χ3n) is 3.61. The van der Waals surface area contributed by atoms with E-state index in [9.17, 15) is 5.21 Å². The number of nitrogens with zero attached hydrogens (tertiary/aromatic N) is 2. The fourth-order valence-corrected chi connectivity index (χ4v) is 2.64. The largest absolute Gasteiger partial charge is 0.474 e. The number of hydrogen-bond donors (Lipinski definition) is 1. The third kappa shape index (κ3) is 2.34. The molecule has 2 bridgehead atoms. The van der Waals surface area contributed by atoms with Crippen molar-refractivity contribution in [2.24, 2.45) is 0 Å². The molecule has 2 saturated heterocycles. The van der Waals surface area contributed by atoms with Gasteiger partial charge >= 0.3 is 0 Å². The van der Waals surface area contributed by atoms with E-state index in [2.05, 4.69) is 4.98 Å². The fraction of sp³-hybridized carbons (Fsp3) is 0.615. The van der Waals surface area contributed by atoms with E-state index in [-0.39, 0.29) is 18.2 Å². The van der Waals surface area contributed by atoms with Crippen molar-refractivity contribution in [2.75, 3.05) is 13.2 Å². The topological polar surface area (TPSA) is 54.8 Å². The van der Waals surface area contributed by atoms with Crippen molar-refractivity contribution in [3.05, 3.63) is 23.9 Å². The van der Waals surface area contributed by atoms with Gasteiger partial charge in [-0.3, -0.25) is 0 Å². The van der Waals surface area contributed by atoms with E-state index >= 15 is 0 Å². The number of aromatic nitrogens is 1. The van der Waals surface area contributed by atoms with Gasteiger partial charge in [0.2, 0.25) is 5.88 Å². The normalized spacial score (nSPS) is 32.2. The average molecular weight is 250 g/mol. The summed E-state index contributed by atoms with van der Waals surface area (Å²) in [5, 5.41) is 11.3. The highest BCUT2D eigenvalue weighted by Gasteiger charge is 2.39. The second-order valence-corrected chi connectivity index (χ2v) is 5.11. The van der Waals surface area contributed by atoms with Crippen LogP contribution in [-0.2, 0) is 4.74 Å². The zero-order valence-corrected chi connectivity index (χ0v) is 10.5. The first kappa shape index (κ1) is 11.9. The molecule has 0 unspecified atom stereocenters. The van der Waals surface area contributed by atoms with E-state index < -0.39 is 0 Å². The zero-order chi connectivity index (χ0) is 12.5. The van der Waals surface area contributed by atoms with E-state index in [4.69, 9.17) is 9.47 Å². The van der Waals surface area contributed by atoms with Crippen molar-refractivity contribution in [2.45, 2.75) is 38.0 Å². The van der Waals surface area contributed by atoms with Crippen molar-refractivity contribution in [3.63, 3.8) is 0 Å². The van der Waals surface area contributed by atoms with Gasteiger partial charge in [-0.15, -0.1) is 0 Å². The van der Waals surface area contributed by atoms with Crippen LogP contribution in [0.3, 0.4) is 0 Å². The summed E-state index contributed by atoms with van der Waals surface area (Å²) in [6, 6.07) is 3.99. The van der Waals surface area contributed by atoms with Crippen LogP contribution in [0, 0.1) is 6.92 Å². The summed E-state index contributed by atoms with van der Waals surface area (Å²) in [4.78, 5) is 4.26. The van der Waals surface area contributed by atoms with Crippen LogP contribution < -0.4 is 4.74 Å². The molecule has 18 heavy (non-hydrogen) atoms. The zero-order valence-electron chi connectivity index (χ0n) is 10.5. The second-order valence-electron chi connectivity index (χ2n) is 5.11. The molecule has 3 atom stereocenters. The van der Waals surface area contributed by atoms with Gasteiger partial charge < -0.3 is 14.7 Å². The van der Waals surface area contributed by atoms with E-state index in [0.29, 0.717) is 19.1 Å². The smallest absolute Gasteiger partial charge is 0.213 e. The molecule has 0 saturated carbocycles. The van der Waals surface area contributed by atoms with Gasteiger partial charge in [0, 0.05) is 25.1 Å². The Morgan fingerprint density at radius 2 is 2.06 bits per heavy atom. The Balaban J connectivity index is 1.66. The van der Waals surface area contributed by atoms with Gasteiger partial charge in [0.15, 0.2) is 0 Å². The van der Waals surface area contributed by atoms with Crippen LogP contribution in [0.15, 0.2) is 18.3 Å². The number of fused-ring (bicyclic) bond motifs is 2. The van der Waals surface area contributed by atoms with Crippen molar-refractivity contribution in [1.82, 2.24) is 10.0 Å². The minimum Gasteiger partial charge on any atom is -0.474 e. The van der Waals surface area contributed by atoms with Crippen molar-refractivity contribution >= 4 is 0 Å². The van der Waals surface area contributed by atoms with Crippen LogP contribution in [0.1, 0.15) is 18.4 Å². The maximum absolute atomic E-state index is 9.89. The Bertz CT molecular complexity index is 395. The van der Waals surface area contributed by atoms with Crippen molar-refractivity contribution < 1.29 is 14.7 Å². The molecule has 5 heteroatoms. The van der Waals surface area contributed by atoms with Crippen LogP contribution in [-0.4, -0.2) is 46.7 Å². The Kier molecular flexibility index (Phi) is 3.20. The molecule has 98 valence electrons. The monoisotopic (exact) mass is 250 g/mol. The number of piperidine rings is 1.